The fourth-order valence-electron chi connectivity index (χ4n) is 4.04. The molecule has 2 aliphatic rings. The van der Waals surface area contributed by atoms with Crippen molar-refractivity contribution in [2.45, 2.75) is 58.3 Å². The molecule has 2 N–H and O–H groups in total. The monoisotopic (exact) mass is 473 g/mol. The molecule has 0 radical (unpaired) electrons. The number of carbonyl (C=O) groups is 2. The molecule has 10 heteroatoms. The highest BCUT2D eigenvalue weighted by Crippen LogP contribution is 2.28. The van der Waals surface area contributed by atoms with Crippen LogP contribution >= 0.6 is 0 Å². The third-order valence-corrected chi connectivity index (χ3v) is 6.08. The van der Waals surface area contributed by atoms with E-state index in [-0.39, 0.29) is 30.4 Å². The molecule has 2 fully saturated rings. The average molecular weight is 474 g/mol. The molecule has 3 heterocycles. The second-order valence-corrected chi connectivity index (χ2v) is 9.78. The summed E-state index contributed by atoms with van der Waals surface area (Å²) in [7, 11) is 0. The Hall–Kier alpha value is -3.30. The summed E-state index contributed by atoms with van der Waals surface area (Å²) in [5.74, 6) is -0.245. The fourth-order valence-corrected chi connectivity index (χ4v) is 4.04. The highest BCUT2D eigenvalue weighted by atomic mass is 19.1. The standard InChI is InChI=1S/C24H32FN5O4/c1-24(2,3)34-23(32)29-11-7-18(8-12-29)30-21(26)17(14-27-30)15-33-20-6-5-16(13-19(20)25)22(31)28-9-4-10-28/h5-6,13-14,18H,4,7-12,15,26H2,1-3H3. The molecule has 2 amide bonds. The number of benzene rings is 1. The van der Waals surface area contributed by atoms with E-state index in [1.165, 1.54) is 12.1 Å². The van der Waals surface area contributed by atoms with Gasteiger partial charge in [-0.1, -0.05) is 0 Å². The zero-order chi connectivity index (χ0) is 24.5. The smallest absolute Gasteiger partial charge is 0.410 e. The van der Waals surface area contributed by atoms with Crippen LogP contribution in [0.15, 0.2) is 24.4 Å². The van der Waals surface area contributed by atoms with Crippen molar-refractivity contribution in [1.29, 1.82) is 0 Å². The van der Waals surface area contributed by atoms with E-state index in [1.54, 1.807) is 26.7 Å². The van der Waals surface area contributed by atoms with E-state index in [4.69, 9.17) is 15.2 Å². The van der Waals surface area contributed by atoms with E-state index < -0.39 is 11.4 Å². The molecule has 0 atom stereocenters. The predicted octanol–water partition coefficient (Wildman–Crippen LogP) is 3.60. The van der Waals surface area contributed by atoms with Crippen molar-refractivity contribution in [2.75, 3.05) is 31.9 Å². The van der Waals surface area contributed by atoms with Crippen LogP contribution in [0.1, 0.15) is 62.0 Å². The lowest BCUT2D eigenvalue weighted by Crippen LogP contribution is -2.42. The molecule has 34 heavy (non-hydrogen) atoms. The minimum atomic E-state index is -0.591. The third-order valence-electron chi connectivity index (χ3n) is 6.08. The summed E-state index contributed by atoms with van der Waals surface area (Å²) in [6.45, 7) is 8.12. The Morgan fingerprint density at radius 2 is 1.85 bits per heavy atom. The molecule has 1 aromatic heterocycles. The van der Waals surface area contributed by atoms with Crippen molar-refractivity contribution >= 4 is 17.8 Å². The maximum absolute atomic E-state index is 14.5. The number of nitrogens with zero attached hydrogens (tertiary/aromatic N) is 4. The lowest BCUT2D eigenvalue weighted by molar-refractivity contribution is 0.0185. The number of aromatic nitrogens is 2. The van der Waals surface area contributed by atoms with Crippen molar-refractivity contribution in [3.05, 3.63) is 41.3 Å². The van der Waals surface area contributed by atoms with Gasteiger partial charge in [0.1, 0.15) is 18.0 Å². The van der Waals surface area contributed by atoms with Crippen LogP contribution < -0.4 is 10.5 Å². The first kappa shape index (κ1) is 23.8. The fraction of sp³-hybridized carbons (Fsp3) is 0.542. The van der Waals surface area contributed by atoms with Gasteiger partial charge in [0.25, 0.3) is 5.91 Å². The van der Waals surface area contributed by atoms with Gasteiger partial charge in [-0.15, -0.1) is 0 Å². The van der Waals surface area contributed by atoms with Crippen LogP contribution in [0.5, 0.6) is 5.75 Å². The van der Waals surface area contributed by atoms with E-state index >= 15 is 0 Å². The summed E-state index contributed by atoms with van der Waals surface area (Å²) in [6.07, 6.45) is 3.69. The van der Waals surface area contributed by atoms with Gasteiger partial charge in [-0.2, -0.15) is 5.10 Å². The van der Waals surface area contributed by atoms with Gasteiger partial charge in [-0.25, -0.2) is 13.9 Å². The van der Waals surface area contributed by atoms with E-state index in [2.05, 4.69) is 5.10 Å². The minimum Gasteiger partial charge on any atom is -0.486 e. The van der Waals surface area contributed by atoms with Crippen LogP contribution in [0.4, 0.5) is 15.0 Å². The van der Waals surface area contributed by atoms with Gasteiger partial charge in [-0.05, 0) is 58.2 Å². The van der Waals surface area contributed by atoms with E-state index in [1.807, 2.05) is 20.8 Å². The maximum atomic E-state index is 14.5. The Morgan fingerprint density at radius 3 is 2.44 bits per heavy atom. The molecular formula is C24H32FN5O4. The number of amides is 2. The van der Waals surface area contributed by atoms with Crippen molar-refractivity contribution in [3.8, 4) is 5.75 Å². The van der Waals surface area contributed by atoms with Gasteiger partial charge in [0, 0.05) is 31.7 Å². The maximum Gasteiger partial charge on any atom is 0.410 e. The molecule has 184 valence electrons. The summed E-state index contributed by atoms with van der Waals surface area (Å²) in [6, 6.07) is 4.30. The van der Waals surface area contributed by atoms with Crippen LogP contribution in [0.25, 0.3) is 0 Å². The SMILES string of the molecule is CC(C)(C)OC(=O)N1CCC(n2ncc(COc3ccc(C(=O)N4CCC4)cc3F)c2N)CC1. The summed E-state index contributed by atoms with van der Waals surface area (Å²) >= 11 is 0. The van der Waals surface area contributed by atoms with Crippen molar-refractivity contribution in [1.82, 2.24) is 19.6 Å². The zero-order valence-corrected chi connectivity index (χ0v) is 19.9. The molecular weight excluding hydrogens is 441 g/mol. The Morgan fingerprint density at radius 1 is 1.15 bits per heavy atom. The first-order valence-electron chi connectivity index (χ1n) is 11.6. The first-order valence-corrected chi connectivity index (χ1v) is 11.6. The number of ether oxygens (including phenoxy) is 2. The van der Waals surface area contributed by atoms with E-state index in [0.717, 1.165) is 6.42 Å². The van der Waals surface area contributed by atoms with Gasteiger partial charge in [-0.3, -0.25) is 4.79 Å². The van der Waals surface area contributed by atoms with Crippen molar-refractivity contribution in [2.24, 2.45) is 0 Å². The van der Waals surface area contributed by atoms with Gasteiger partial charge >= 0.3 is 6.09 Å². The molecule has 0 spiro atoms. The average Bonchev–Trinajstić information content (AvgIpc) is 3.10. The molecule has 2 aromatic rings. The molecule has 0 aliphatic carbocycles. The number of rotatable bonds is 5. The van der Waals surface area contributed by atoms with Crippen molar-refractivity contribution < 1.29 is 23.5 Å². The highest BCUT2D eigenvalue weighted by molar-refractivity contribution is 5.94. The Bertz CT molecular complexity index is 1050. The highest BCUT2D eigenvalue weighted by Gasteiger charge is 2.29. The number of likely N-dealkylation sites (tertiary alicyclic amines) is 2. The molecule has 9 nitrogen and oxygen atoms in total. The summed E-state index contributed by atoms with van der Waals surface area (Å²) in [5.41, 5.74) is 6.74. The van der Waals surface area contributed by atoms with Gasteiger partial charge in [0.15, 0.2) is 11.6 Å². The van der Waals surface area contributed by atoms with Gasteiger partial charge < -0.3 is 25.0 Å². The van der Waals surface area contributed by atoms with Crippen LogP contribution in [0.2, 0.25) is 0 Å². The lowest BCUT2D eigenvalue weighted by atomic mass is 10.1. The molecule has 0 saturated carbocycles. The van der Waals surface area contributed by atoms with E-state index in [0.29, 0.717) is 56.0 Å². The van der Waals surface area contributed by atoms with Gasteiger partial charge in [0.05, 0.1) is 17.8 Å². The number of piperidine rings is 1. The second-order valence-electron chi connectivity index (χ2n) is 9.78. The Labute approximate surface area is 198 Å². The number of hydrogen-bond donors (Lipinski definition) is 1. The van der Waals surface area contributed by atoms with Gasteiger partial charge in [0.2, 0.25) is 0 Å². The number of halogens is 1. The first-order chi connectivity index (χ1) is 16.1. The normalized spacial score (nSPS) is 16.8. The Balaban J connectivity index is 1.33. The summed E-state index contributed by atoms with van der Waals surface area (Å²) < 4.78 is 27.3. The van der Waals surface area contributed by atoms with Crippen LogP contribution in [0.3, 0.4) is 0 Å². The Kier molecular flexibility index (Phi) is 6.67. The second kappa shape index (κ2) is 9.52. The number of anilines is 1. The predicted molar refractivity (Wildman–Crippen MR) is 124 cm³/mol. The topological polar surface area (TPSA) is 103 Å². The lowest BCUT2D eigenvalue weighted by Gasteiger charge is -2.33. The summed E-state index contributed by atoms with van der Waals surface area (Å²) in [4.78, 5) is 27.9. The largest absolute Gasteiger partial charge is 0.486 e. The number of nitrogens with two attached hydrogens (primary N) is 1. The molecule has 1 aromatic carbocycles. The molecule has 0 bridgehead atoms. The number of nitrogen functional groups attached to an aromatic ring is 1. The van der Waals surface area contributed by atoms with E-state index in [9.17, 15) is 14.0 Å². The van der Waals surface area contributed by atoms with Crippen LogP contribution in [0, 0.1) is 5.82 Å². The zero-order valence-electron chi connectivity index (χ0n) is 19.9. The minimum absolute atomic E-state index is 0.0518. The third kappa shape index (κ3) is 5.26. The molecule has 4 rings (SSSR count). The quantitative estimate of drug-likeness (QED) is 0.712. The molecule has 2 saturated heterocycles. The molecule has 2 aliphatic heterocycles. The number of hydrogen-bond acceptors (Lipinski definition) is 6. The molecule has 0 unspecified atom stereocenters. The van der Waals surface area contributed by atoms with Crippen LogP contribution in [-0.2, 0) is 11.3 Å². The summed E-state index contributed by atoms with van der Waals surface area (Å²) in [5, 5.41) is 4.41. The number of carbonyl (C=O) groups excluding carboxylic acids is 2. The van der Waals surface area contributed by atoms with Crippen molar-refractivity contribution in [3.63, 3.8) is 0 Å². The van der Waals surface area contributed by atoms with Crippen LogP contribution in [-0.4, -0.2) is 63.4 Å².